The molecule has 3 rings (SSSR count). The molecule has 0 radical (unpaired) electrons. The highest BCUT2D eigenvalue weighted by Crippen LogP contribution is 2.24. The van der Waals surface area contributed by atoms with Crippen LogP contribution in [-0.2, 0) is 0 Å². The second kappa shape index (κ2) is 5.17. The van der Waals surface area contributed by atoms with Crippen molar-refractivity contribution in [1.82, 2.24) is 9.55 Å². The van der Waals surface area contributed by atoms with E-state index in [-0.39, 0.29) is 5.56 Å². The molecule has 0 fully saturated rings. The summed E-state index contributed by atoms with van der Waals surface area (Å²) in [6, 6.07) is 9.70. The van der Waals surface area contributed by atoms with E-state index in [4.69, 9.17) is 0 Å². The van der Waals surface area contributed by atoms with Crippen LogP contribution in [-0.4, -0.2) is 9.55 Å². The zero-order chi connectivity index (χ0) is 15.0. The van der Waals surface area contributed by atoms with Crippen LogP contribution in [0, 0.1) is 6.92 Å². The van der Waals surface area contributed by atoms with Gasteiger partial charge in [0.25, 0.3) is 5.56 Å². The molecule has 3 nitrogen and oxygen atoms in total. The Bertz CT molecular complexity index is 862. The number of hydrogen-bond donors (Lipinski definition) is 0. The summed E-state index contributed by atoms with van der Waals surface area (Å²) < 4.78 is 1.74. The van der Waals surface area contributed by atoms with E-state index < -0.39 is 0 Å². The van der Waals surface area contributed by atoms with Crippen molar-refractivity contribution < 1.29 is 0 Å². The quantitative estimate of drug-likeness (QED) is 0.714. The lowest BCUT2D eigenvalue weighted by atomic mass is 9.98. The summed E-state index contributed by atoms with van der Waals surface area (Å²) >= 11 is 0. The summed E-state index contributed by atoms with van der Waals surface area (Å²) in [5.41, 5.74) is 3.08. The van der Waals surface area contributed by atoms with E-state index >= 15 is 0 Å². The minimum atomic E-state index is 0.0179. The maximum atomic E-state index is 12.8. The number of benzene rings is 1. The zero-order valence-corrected chi connectivity index (χ0v) is 12.5. The third-order valence-corrected chi connectivity index (χ3v) is 3.83. The van der Waals surface area contributed by atoms with Gasteiger partial charge >= 0.3 is 0 Å². The van der Waals surface area contributed by atoms with Crippen molar-refractivity contribution in [2.45, 2.75) is 26.7 Å². The Morgan fingerprint density at radius 1 is 1.10 bits per heavy atom. The maximum absolute atomic E-state index is 12.8. The summed E-state index contributed by atoms with van der Waals surface area (Å²) in [5, 5.41) is 1.81. The fraction of sp³-hybridized carbons (Fsp3) is 0.222. The molecule has 3 aromatic rings. The molecule has 0 N–H and O–H groups in total. The molecule has 21 heavy (non-hydrogen) atoms. The Morgan fingerprint density at radius 3 is 2.48 bits per heavy atom. The van der Waals surface area contributed by atoms with E-state index in [1.54, 1.807) is 17.0 Å². The molecule has 0 unspecified atom stereocenters. The first-order chi connectivity index (χ1) is 10.1. The Kier molecular flexibility index (Phi) is 3.34. The van der Waals surface area contributed by atoms with Crippen LogP contribution in [0.1, 0.15) is 30.9 Å². The Labute approximate surface area is 123 Å². The molecule has 2 aromatic heterocycles. The molecule has 0 saturated carbocycles. The Morgan fingerprint density at radius 2 is 1.81 bits per heavy atom. The minimum Gasteiger partial charge on any atom is -0.283 e. The van der Waals surface area contributed by atoms with Crippen LogP contribution in [0.25, 0.3) is 16.5 Å². The van der Waals surface area contributed by atoms with Crippen LogP contribution in [0.5, 0.6) is 0 Å². The van der Waals surface area contributed by atoms with Crippen LogP contribution < -0.4 is 5.56 Å². The lowest BCUT2D eigenvalue weighted by Crippen LogP contribution is -2.20. The third kappa shape index (κ3) is 2.25. The smallest absolute Gasteiger partial charge is 0.262 e. The molecule has 2 heterocycles. The van der Waals surface area contributed by atoms with Gasteiger partial charge in [0.15, 0.2) is 0 Å². The van der Waals surface area contributed by atoms with Crippen LogP contribution in [0.4, 0.5) is 0 Å². The van der Waals surface area contributed by atoms with Gasteiger partial charge in [-0.3, -0.25) is 14.3 Å². The molecule has 0 aliphatic heterocycles. The molecule has 0 atom stereocenters. The molecular formula is C18H18N2O. The molecule has 1 aromatic carbocycles. The summed E-state index contributed by atoms with van der Waals surface area (Å²) in [7, 11) is 0. The zero-order valence-electron chi connectivity index (χ0n) is 12.5. The van der Waals surface area contributed by atoms with Gasteiger partial charge < -0.3 is 0 Å². The predicted octanol–water partition coefficient (Wildman–Crippen LogP) is 3.82. The number of fused-ring (bicyclic) bond motifs is 1. The van der Waals surface area contributed by atoms with Crippen molar-refractivity contribution >= 4 is 10.8 Å². The molecule has 0 spiro atoms. The highest BCUT2D eigenvalue weighted by atomic mass is 16.1. The first-order valence-corrected chi connectivity index (χ1v) is 7.15. The molecule has 0 saturated heterocycles. The Balaban J connectivity index is 2.43. The molecule has 0 aliphatic rings. The van der Waals surface area contributed by atoms with Crippen LogP contribution >= 0.6 is 0 Å². The van der Waals surface area contributed by atoms with Crippen molar-refractivity contribution in [2.75, 3.05) is 0 Å². The van der Waals surface area contributed by atoms with E-state index in [0.29, 0.717) is 5.92 Å². The lowest BCUT2D eigenvalue weighted by molar-refractivity contribution is 0.847. The SMILES string of the molecule is Cc1cnccc1-n1cc(C(C)C)c2ccccc2c1=O. The van der Waals surface area contributed by atoms with Crippen molar-refractivity contribution in [1.29, 1.82) is 0 Å². The first kappa shape index (κ1) is 13.6. The van der Waals surface area contributed by atoms with E-state index in [9.17, 15) is 4.79 Å². The van der Waals surface area contributed by atoms with Gasteiger partial charge in [-0.25, -0.2) is 0 Å². The predicted molar refractivity (Wildman–Crippen MR) is 86.2 cm³/mol. The lowest BCUT2D eigenvalue weighted by Gasteiger charge is -2.15. The summed E-state index contributed by atoms with van der Waals surface area (Å²) in [5.74, 6) is 0.351. The van der Waals surface area contributed by atoms with Crippen molar-refractivity contribution in [3.05, 3.63) is 70.4 Å². The monoisotopic (exact) mass is 278 g/mol. The highest BCUT2D eigenvalue weighted by Gasteiger charge is 2.12. The summed E-state index contributed by atoms with van der Waals surface area (Å²) in [6.45, 7) is 6.27. The van der Waals surface area contributed by atoms with Gasteiger partial charge in [-0.15, -0.1) is 0 Å². The average Bonchev–Trinajstić information content (AvgIpc) is 2.48. The minimum absolute atomic E-state index is 0.0179. The molecule has 0 amide bonds. The van der Waals surface area contributed by atoms with E-state index in [2.05, 4.69) is 18.8 Å². The molecule has 0 aliphatic carbocycles. The van der Waals surface area contributed by atoms with Gasteiger partial charge in [0.2, 0.25) is 0 Å². The Hall–Kier alpha value is -2.42. The maximum Gasteiger partial charge on any atom is 0.262 e. The van der Waals surface area contributed by atoms with Crippen LogP contribution in [0.3, 0.4) is 0 Å². The van der Waals surface area contributed by atoms with Crippen LogP contribution in [0.15, 0.2) is 53.7 Å². The fourth-order valence-corrected chi connectivity index (χ4v) is 2.69. The normalized spacial score (nSPS) is 11.2. The summed E-state index contributed by atoms with van der Waals surface area (Å²) in [6.07, 6.45) is 5.47. The van der Waals surface area contributed by atoms with Gasteiger partial charge in [-0.1, -0.05) is 32.0 Å². The van der Waals surface area contributed by atoms with E-state index in [1.807, 2.05) is 43.5 Å². The van der Waals surface area contributed by atoms with Gasteiger partial charge in [-0.05, 0) is 41.5 Å². The van der Waals surface area contributed by atoms with Crippen molar-refractivity contribution in [3.63, 3.8) is 0 Å². The molecule has 106 valence electrons. The van der Waals surface area contributed by atoms with Gasteiger partial charge in [-0.2, -0.15) is 0 Å². The molecule has 0 bridgehead atoms. The molecule has 3 heteroatoms. The largest absolute Gasteiger partial charge is 0.283 e. The van der Waals surface area contributed by atoms with Crippen LogP contribution in [0.2, 0.25) is 0 Å². The topological polar surface area (TPSA) is 34.9 Å². The van der Waals surface area contributed by atoms with Crippen molar-refractivity contribution in [3.8, 4) is 5.69 Å². The standard InChI is InChI=1S/C18H18N2O/c1-12(2)16-11-20(17-8-9-19-10-13(17)3)18(21)15-7-5-4-6-14(15)16/h4-12H,1-3H3. The number of aromatic nitrogens is 2. The van der Waals surface area contributed by atoms with Crippen molar-refractivity contribution in [2.24, 2.45) is 0 Å². The van der Waals surface area contributed by atoms with E-state index in [1.165, 1.54) is 5.56 Å². The average molecular weight is 278 g/mol. The fourth-order valence-electron chi connectivity index (χ4n) is 2.69. The number of rotatable bonds is 2. The third-order valence-electron chi connectivity index (χ3n) is 3.83. The van der Waals surface area contributed by atoms with Gasteiger partial charge in [0.05, 0.1) is 5.69 Å². The van der Waals surface area contributed by atoms with E-state index in [0.717, 1.165) is 22.0 Å². The second-order valence-electron chi connectivity index (χ2n) is 5.62. The highest BCUT2D eigenvalue weighted by molar-refractivity contribution is 5.85. The number of nitrogens with zero attached hydrogens (tertiary/aromatic N) is 2. The second-order valence-corrected chi connectivity index (χ2v) is 5.62. The summed E-state index contributed by atoms with van der Waals surface area (Å²) in [4.78, 5) is 16.9. The molecular weight excluding hydrogens is 260 g/mol. The van der Waals surface area contributed by atoms with Gasteiger partial charge in [0.1, 0.15) is 0 Å². The van der Waals surface area contributed by atoms with Gasteiger partial charge in [0, 0.05) is 24.0 Å². The number of aryl methyl sites for hydroxylation is 1. The number of pyridine rings is 2. The number of hydrogen-bond acceptors (Lipinski definition) is 2. The first-order valence-electron chi connectivity index (χ1n) is 7.15.